The van der Waals surface area contributed by atoms with Crippen LogP contribution < -0.4 is 10.9 Å². The average molecular weight is 153 g/mol. The minimum absolute atomic E-state index is 0.0940. The first-order valence-corrected chi connectivity index (χ1v) is 3.51. The molecule has 1 heterocycles. The molecule has 1 aromatic rings. The van der Waals surface area contributed by atoms with E-state index in [9.17, 15) is 4.79 Å². The van der Waals surface area contributed by atoms with E-state index >= 15 is 0 Å². The molecule has 11 heavy (non-hydrogen) atoms. The van der Waals surface area contributed by atoms with Crippen LogP contribution in [0, 0.1) is 0 Å². The summed E-state index contributed by atoms with van der Waals surface area (Å²) >= 11 is 0. The van der Waals surface area contributed by atoms with Crippen LogP contribution in [-0.4, -0.2) is 16.3 Å². The summed E-state index contributed by atoms with van der Waals surface area (Å²) in [4.78, 5) is 11.0. The third-order valence-electron chi connectivity index (χ3n) is 1.35. The lowest BCUT2D eigenvalue weighted by Crippen LogP contribution is -2.18. The highest BCUT2D eigenvalue weighted by molar-refractivity contribution is 5.38. The van der Waals surface area contributed by atoms with Crippen molar-refractivity contribution < 1.29 is 0 Å². The first-order chi connectivity index (χ1) is 5.24. The zero-order valence-electron chi connectivity index (χ0n) is 6.66. The van der Waals surface area contributed by atoms with Crippen LogP contribution in [0.5, 0.6) is 0 Å². The van der Waals surface area contributed by atoms with Crippen LogP contribution in [-0.2, 0) is 7.05 Å². The highest BCUT2D eigenvalue weighted by atomic mass is 16.1. The Kier molecular flexibility index (Phi) is 2.25. The van der Waals surface area contributed by atoms with Crippen molar-refractivity contribution in [2.75, 3.05) is 11.9 Å². The summed E-state index contributed by atoms with van der Waals surface area (Å²) in [6.45, 7) is 2.77. The Balaban J connectivity index is 2.96. The van der Waals surface area contributed by atoms with Gasteiger partial charge in [0.2, 0.25) is 0 Å². The van der Waals surface area contributed by atoms with Crippen molar-refractivity contribution in [1.82, 2.24) is 9.78 Å². The average Bonchev–Trinajstić information content (AvgIpc) is 1.98. The summed E-state index contributed by atoms with van der Waals surface area (Å²) in [6.07, 6.45) is 1.63. The molecule has 0 aromatic carbocycles. The molecule has 0 aliphatic rings. The molecule has 0 spiro atoms. The van der Waals surface area contributed by atoms with E-state index in [4.69, 9.17) is 0 Å². The number of aromatic nitrogens is 2. The molecule has 0 amide bonds. The van der Waals surface area contributed by atoms with Gasteiger partial charge in [0.25, 0.3) is 5.56 Å². The number of nitrogens with zero attached hydrogens (tertiary/aromatic N) is 2. The molecular formula is C7H11N3O. The summed E-state index contributed by atoms with van der Waals surface area (Å²) in [5.41, 5.74) is 0.680. The summed E-state index contributed by atoms with van der Waals surface area (Å²) in [6, 6.07) is 1.52. The van der Waals surface area contributed by atoms with Gasteiger partial charge in [-0.15, -0.1) is 0 Å². The largest absolute Gasteiger partial charge is 0.384 e. The summed E-state index contributed by atoms with van der Waals surface area (Å²) in [5.74, 6) is 0. The summed E-state index contributed by atoms with van der Waals surface area (Å²) in [7, 11) is 1.62. The predicted molar refractivity (Wildman–Crippen MR) is 43.6 cm³/mol. The monoisotopic (exact) mass is 153 g/mol. The number of aryl methyl sites for hydroxylation is 1. The minimum Gasteiger partial charge on any atom is -0.384 e. The molecule has 0 fully saturated rings. The molecule has 1 N–H and O–H groups in total. The maximum absolute atomic E-state index is 11.0. The zero-order valence-corrected chi connectivity index (χ0v) is 6.66. The first-order valence-electron chi connectivity index (χ1n) is 3.51. The molecule has 4 heteroatoms. The van der Waals surface area contributed by atoms with Crippen LogP contribution >= 0.6 is 0 Å². The Labute approximate surface area is 64.9 Å². The fraction of sp³-hybridized carbons (Fsp3) is 0.429. The van der Waals surface area contributed by atoms with Crippen molar-refractivity contribution in [3.63, 3.8) is 0 Å². The van der Waals surface area contributed by atoms with E-state index in [1.54, 1.807) is 13.2 Å². The lowest BCUT2D eigenvalue weighted by molar-refractivity contribution is 0.708. The quantitative estimate of drug-likeness (QED) is 0.660. The fourth-order valence-electron chi connectivity index (χ4n) is 0.770. The van der Waals surface area contributed by atoms with E-state index < -0.39 is 0 Å². The Morgan fingerprint density at radius 3 is 3.00 bits per heavy atom. The van der Waals surface area contributed by atoms with Crippen molar-refractivity contribution in [3.05, 3.63) is 22.6 Å². The lowest BCUT2D eigenvalue weighted by Gasteiger charge is -2.01. The smallest absolute Gasteiger partial charge is 0.268 e. The molecule has 4 nitrogen and oxygen atoms in total. The SMILES string of the molecule is CCNc1cnn(C)c(=O)c1. The predicted octanol–water partition coefficient (Wildman–Crippen LogP) is 0.212. The first kappa shape index (κ1) is 7.78. The minimum atomic E-state index is -0.0940. The van der Waals surface area contributed by atoms with Crippen molar-refractivity contribution in [1.29, 1.82) is 0 Å². The van der Waals surface area contributed by atoms with E-state index in [1.807, 2.05) is 6.92 Å². The Morgan fingerprint density at radius 2 is 2.45 bits per heavy atom. The summed E-state index contributed by atoms with van der Waals surface area (Å²) in [5, 5.41) is 6.84. The second-order valence-corrected chi connectivity index (χ2v) is 2.24. The van der Waals surface area contributed by atoms with Crippen molar-refractivity contribution in [3.8, 4) is 0 Å². The number of nitrogens with one attached hydrogen (secondary N) is 1. The van der Waals surface area contributed by atoms with Crippen LogP contribution in [0.25, 0.3) is 0 Å². The molecule has 1 rings (SSSR count). The van der Waals surface area contributed by atoms with Gasteiger partial charge in [-0.1, -0.05) is 0 Å². The van der Waals surface area contributed by atoms with Gasteiger partial charge in [0.05, 0.1) is 11.9 Å². The van der Waals surface area contributed by atoms with Crippen LogP contribution in [0.15, 0.2) is 17.1 Å². The van der Waals surface area contributed by atoms with Crippen LogP contribution in [0.2, 0.25) is 0 Å². The van der Waals surface area contributed by atoms with Gasteiger partial charge >= 0.3 is 0 Å². The molecule has 60 valence electrons. The summed E-state index contributed by atoms with van der Waals surface area (Å²) < 4.78 is 1.29. The zero-order chi connectivity index (χ0) is 8.27. The van der Waals surface area contributed by atoms with E-state index in [0.717, 1.165) is 12.2 Å². The van der Waals surface area contributed by atoms with E-state index in [1.165, 1.54) is 10.7 Å². The van der Waals surface area contributed by atoms with Gasteiger partial charge in [0, 0.05) is 19.7 Å². The van der Waals surface area contributed by atoms with E-state index in [2.05, 4.69) is 10.4 Å². The topological polar surface area (TPSA) is 46.9 Å². The highest BCUT2D eigenvalue weighted by Gasteiger charge is 1.92. The molecular weight excluding hydrogens is 142 g/mol. The van der Waals surface area contributed by atoms with Gasteiger partial charge in [-0.25, -0.2) is 4.68 Å². The molecule has 0 atom stereocenters. The Bertz CT molecular complexity index is 292. The fourth-order valence-corrected chi connectivity index (χ4v) is 0.770. The van der Waals surface area contributed by atoms with Crippen LogP contribution in [0.4, 0.5) is 5.69 Å². The number of rotatable bonds is 2. The molecule has 0 aliphatic heterocycles. The van der Waals surface area contributed by atoms with Gasteiger partial charge in [-0.2, -0.15) is 5.10 Å². The second-order valence-electron chi connectivity index (χ2n) is 2.24. The normalized spacial score (nSPS) is 9.64. The molecule has 0 radical (unpaired) electrons. The molecule has 0 saturated heterocycles. The van der Waals surface area contributed by atoms with E-state index in [-0.39, 0.29) is 5.56 Å². The molecule has 1 aromatic heterocycles. The van der Waals surface area contributed by atoms with Gasteiger partial charge < -0.3 is 5.32 Å². The Hall–Kier alpha value is -1.32. The molecule has 0 aliphatic carbocycles. The number of anilines is 1. The Morgan fingerprint density at radius 1 is 1.73 bits per heavy atom. The lowest BCUT2D eigenvalue weighted by atomic mass is 10.4. The van der Waals surface area contributed by atoms with Crippen molar-refractivity contribution in [2.45, 2.75) is 6.92 Å². The van der Waals surface area contributed by atoms with Gasteiger partial charge in [-0.3, -0.25) is 4.79 Å². The van der Waals surface area contributed by atoms with Crippen LogP contribution in [0.1, 0.15) is 6.92 Å². The maximum Gasteiger partial charge on any atom is 0.268 e. The highest BCUT2D eigenvalue weighted by Crippen LogP contribution is 1.96. The van der Waals surface area contributed by atoms with E-state index in [0.29, 0.717) is 0 Å². The second kappa shape index (κ2) is 3.18. The van der Waals surface area contributed by atoms with Gasteiger partial charge in [0.15, 0.2) is 0 Å². The van der Waals surface area contributed by atoms with Crippen molar-refractivity contribution >= 4 is 5.69 Å². The van der Waals surface area contributed by atoms with Crippen molar-refractivity contribution in [2.24, 2.45) is 7.05 Å². The van der Waals surface area contributed by atoms with Gasteiger partial charge in [0.1, 0.15) is 0 Å². The third-order valence-corrected chi connectivity index (χ3v) is 1.35. The molecule has 0 bridgehead atoms. The maximum atomic E-state index is 11.0. The van der Waals surface area contributed by atoms with Crippen LogP contribution in [0.3, 0.4) is 0 Å². The number of hydrogen-bond donors (Lipinski definition) is 1. The number of hydrogen-bond acceptors (Lipinski definition) is 3. The molecule has 0 unspecified atom stereocenters. The third kappa shape index (κ3) is 1.80. The standard InChI is InChI=1S/C7H11N3O/c1-3-8-6-4-7(11)10(2)9-5-6/h4-5,8H,3H2,1-2H3. The molecule has 0 saturated carbocycles. The van der Waals surface area contributed by atoms with Gasteiger partial charge in [-0.05, 0) is 6.92 Å².